The van der Waals surface area contributed by atoms with Crippen molar-refractivity contribution in [2.24, 2.45) is 0 Å². The third-order valence-electron chi connectivity index (χ3n) is 1.52. The molecule has 0 aromatic heterocycles. The smallest absolute Gasteiger partial charge is 0.304 e. The number of carboxylic acids is 1. The molecule has 0 aliphatic carbocycles. The largest absolute Gasteiger partial charge is 0.481 e. The van der Waals surface area contributed by atoms with E-state index in [9.17, 15) is 9.59 Å². The molecular formula is C7H11NO3S2. The van der Waals surface area contributed by atoms with Crippen molar-refractivity contribution < 1.29 is 14.7 Å². The second-order valence-electron chi connectivity index (χ2n) is 2.66. The minimum Gasteiger partial charge on any atom is -0.481 e. The van der Waals surface area contributed by atoms with Crippen molar-refractivity contribution in [1.29, 1.82) is 0 Å². The lowest BCUT2D eigenvalue weighted by atomic mass is 10.4. The molecule has 1 aliphatic heterocycles. The van der Waals surface area contributed by atoms with Crippen LogP contribution in [-0.4, -0.2) is 39.6 Å². The molecule has 74 valence electrons. The van der Waals surface area contributed by atoms with Crippen LogP contribution in [0.15, 0.2) is 0 Å². The van der Waals surface area contributed by atoms with Gasteiger partial charge in [0, 0.05) is 23.3 Å². The standard InChI is InChI=1S/C7H11NO3S2/c9-6(10)1-2-12-3-5-4-13-7(11)8-5/h5H,1-4H2,(H,8,11)(H,9,10). The highest BCUT2D eigenvalue weighted by Crippen LogP contribution is 2.16. The summed E-state index contributed by atoms with van der Waals surface area (Å²) >= 11 is 2.86. The Morgan fingerprint density at radius 1 is 1.77 bits per heavy atom. The predicted octanol–water partition coefficient (Wildman–Crippen LogP) is 1.02. The van der Waals surface area contributed by atoms with Gasteiger partial charge in [-0.2, -0.15) is 11.8 Å². The van der Waals surface area contributed by atoms with Gasteiger partial charge in [-0.25, -0.2) is 0 Å². The number of rotatable bonds is 5. The molecular weight excluding hydrogens is 210 g/mol. The summed E-state index contributed by atoms with van der Waals surface area (Å²) < 4.78 is 0. The summed E-state index contributed by atoms with van der Waals surface area (Å²) in [6.45, 7) is 0. The van der Waals surface area contributed by atoms with Gasteiger partial charge in [-0.1, -0.05) is 11.8 Å². The predicted molar refractivity (Wildman–Crippen MR) is 54.4 cm³/mol. The van der Waals surface area contributed by atoms with Gasteiger partial charge in [-0.15, -0.1) is 0 Å². The zero-order valence-electron chi connectivity index (χ0n) is 6.99. The first-order chi connectivity index (χ1) is 6.18. The lowest BCUT2D eigenvalue weighted by Gasteiger charge is -2.06. The van der Waals surface area contributed by atoms with Crippen LogP contribution in [0, 0.1) is 0 Å². The number of nitrogens with one attached hydrogen (secondary N) is 1. The molecule has 13 heavy (non-hydrogen) atoms. The Morgan fingerprint density at radius 3 is 3.08 bits per heavy atom. The Bertz CT molecular complexity index is 210. The van der Waals surface area contributed by atoms with E-state index in [2.05, 4.69) is 5.32 Å². The molecule has 1 rings (SSSR count). The fourth-order valence-electron chi connectivity index (χ4n) is 0.901. The minimum absolute atomic E-state index is 0.0313. The summed E-state index contributed by atoms with van der Waals surface area (Å²) in [5.41, 5.74) is 0. The number of carbonyl (C=O) groups is 2. The molecule has 1 atom stereocenters. The van der Waals surface area contributed by atoms with Crippen molar-refractivity contribution in [2.75, 3.05) is 17.3 Å². The molecule has 6 heteroatoms. The summed E-state index contributed by atoms with van der Waals surface area (Å²) in [6.07, 6.45) is 0.193. The lowest BCUT2D eigenvalue weighted by molar-refractivity contribution is -0.136. The molecule has 1 heterocycles. The molecule has 1 saturated heterocycles. The second kappa shape index (κ2) is 5.39. The van der Waals surface area contributed by atoms with Crippen LogP contribution in [0.1, 0.15) is 6.42 Å². The Morgan fingerprint density at radius 2 is 2.54 bits per heavy atom. The van der Waals surface area contributed by atoms with Crippen LogP contribution in [0.2, 0.25) is 0 Å². The van der Waals surface area contributed by atoms with Gasteiger partial charge in [-0.3, -0.25) is 9.59 Å². The van der Waals surface area contributed by atoms with Gasteiger partial charge in [-0.05, 0) is 0 Å². The van der Waals surface area contributed by atoms with E-state index in [-0.39, 0.29) is 17.7 Å². The topological polar surface area (TPSA) is 66.4 Å². The molecule has 0 saturated carbocycles. The van der Waals surface area contributed by atoms with Crippen LogP contribution < -0.4 is 5.32 Å². The van der Waals surface area contributed by atoms with Gasteiger partial charge in [0.2, 0.25) is 0 Å². The number of carbonyl (C=O) groups excluding carboxylic acids is 1. The van der Waals surface area contributed by atoms with Gasteiger partial charge in [0.1, 0.15) is 0 Å². The van der Waals surface area contributed by atoms with E-state index < -0.39 is 5.97 Å². The third-order valence-corrected chi connectivity index (χ3v) is 3.60. The summed E-state index contributed by atoms with van der Waals surface area (Å²) in [6, 6.07) is 0.219. The first-order valence-electron chi connectivity index (χ1n) is 3.91. The van der Waals surface area contributed by atoms with E-state index in [0.717, 1.165) is 11.5 Å². The fourth-order valence-corrected chi connectivity index (χ4v) is 2.83. The maximum Gasteiger partial charge on any atom is 0.304 e. The average molecular weight is 221 g/mol. The Hall–Kier alpha value is -0.360. The maximum atomic E-state index is 10.7. The molecule has 0 spiro atoms. The zero-order chi connectivity index (χ0) is 9.68. The highest BCUT2D eigenvalue weighted by atomic mass is 32.2. The molecule has 0 radical (unpaired) electrons. The Labute approximate surface area is 84.8 Å². The second-order valence-corrected chi connectivity index (χ2v) is 4.80. The molecule has 0 aromatic rings. The number of hydrogen-bond acceptors (Lipinski definition) is 4. The highest BCUT2D eigenvalue weighted by molar-refractivity contribution is 8.14. The van der Waals surface area contributed by atoms with E-state index in [1.165, 1.54) is 11.8 Å². The molecule has 1 unspecified atom stereocenters. The number of aliphatic carboxylic acids is 1. The quantitative estimate of drug-likeness (QED) is 0.678. The number of hydrogen-bond donors (Lipinski definition) is 2. The van der Waals surface area contributed by atoms with Crippen molar-refractivity contribution >= 4 is 34.7 Å². The number of thioether (sulfide) groups is 2. The van der Waals surface area contributed by atoms with Crippen LogP contribution in [0.4, 0.5) is 4.79 Å². The molecule has 1 amide bonds. The maximum absolute atomic E-state index is 10.7. The summed E-state index contributed by atoms with van der Waals surface area (Å²) in [5.74, 6) is 1.47. The first-order valence-corrected chi connectivity index (χ1v) is 6.05. The van der Waals surface area contributed by atoms with E-state index in [0.29, 0.717) is 5.75 Å². The van der Waals surface area contributed by atoms with Gasteiger partial charge in [0.25, 0.3) is 5.24 Å². The van der Waals surface area contributed by atoms with Crippen molar-refractivity contribution in [3.8, 4) is 0 Å². The van der Waals surface area contributed by atoms with Crippen LogP contribution >= 0.6 is 23.5 Å². The first kappa shape index (κ1) is 10.7. The highest BCUT2D eigenvalue weighted by Gasteiger charge is 2.20. The molecule has 0 bridgehead atoms. The van der Waals surface area contributed by atoms with E-state index >= 15 is 0 Å². The lowest BCUT2D eigenvalue weighted by Crippen LogP contribution is -2.28. The Kier molecular flexibility index (Phi) is 4.44. The van der Waals surface area contributed by atoms with Crippen LogP contribution in [0.3, 0.4) is 0 Å². The van der Waals surface area contributed by atoms with Crippen molar-refractivity contribution in [3.63, 3.8) is 0 Å². The fraction of sp³-hybridized carbons (Fsp3) is 0.714. The van der Waals surface area contributed by atoms with Crippen LogP contribution in [0.25, 0.3) is 0 Å². The average Bonchev–Trinajstić information content (AvgIpc) is 2.45. The van der Waals surface area contributed by atoms with Crippen LogP contribution in [-0.2, 0) is 4.79 Å². The van der Waals surface area contributed by atoms with Crippen molar-refractivity contribution in [1.82, 2.24) is 5.32 Å². The monoisotopic (exact) mass is 221 g/mol. The van der Waals surface area contributed by atoms with Gasteiger partial charge >= 0.3 is 5.97 Å². The summed E-state index contributed by atoms with van der Waals surface area (Å²) in [4.78, 5) is 20.9. The van der Waals surface area contributed by atoms with E-state index in [1.54, 1.807) is 11.8 Å². The summed E-state index contributed by atoms with van der Waals surface area (Å²) in [7, 11) is 0. The van der Waals surface area contributed by atoms with Gasteiger partial charge < -0.3 is 10.4 Å². The van der Waals surface area contributed by atoms with Gasteiger partial charge in [0.15, 0.2) is 0 Å². The third kappa shape index (κ3) is 4.42. The van der Waals surface area contributed by atoms with Crippen molar-refractivity contribution in [3.05, 3.63) is 0 Å². The molecule has 1 aliphatic rings. The number of carboxylic acid groups (broad SMARTS) is 1. The van der Waals surface area contributed by atoms with Crippen LogP contribution in [0.5, 0.6) is 0 Å². The molecule has 1 fully saturated rings. The van der Waals surface area contributed by atoms with Gasteiger partial charge in [0.05, 0.1) is 6.42 Å². The summed E-state index contributed by atoms with van der Waals surface area (Å²) in [5, 5.41) is 11.2. The zero-order valence-corrected chi connectivity index (χ0v) is 8.62. The molecule has 0 aromatic carbocycles. The van der Waals surface area contributed by atoms with Crippen molar-refractivity contribution in [2.45, 2.75) is 12.5 Å². The van der Waals surface area contributed by atoms with E-state index in [1.807, 2.05) is 0 Å². The number of amides is 1. The normalized spacial score (nSPS) is 21.5. The Balaban J connectivity index is 2.00. The SMILES string of the molecule is O=C(O)CCSCC1CSC(=O)N1. The van der Waals surface area contributed by atoms with E-state index in [4.69, 9.17) is 5.11 Å². The minimum atomic E-state index is -0.766. The molecule has 4 nitrogen and oxygen atoms in total. The molecule has 2 N–H and O–H groups in total.